The summed E-state index contributed by atoms with van der Waals surface area (Å²) in [6.45, 7) is 1.51. The zero-order valence-electron chi connectivity index (χ0n) is 13.3. The minimum absolute atomic E-state index is 0.433. The predicted molar refractivity (Wildman–Crippen MR) is 92.9 cm³/mol. The summed E-state index contributed by atoms with van der Waals surface area (Å²) >= 11 is 1.44. The second-order valence-corrected chi connectivity index (χ2v) is 5.77. The van der Waals surface area contributed by atoms with Gasteiger partial charge in [-0.1, -0.05) is 12.1 Å². The van der Waals surface area contributed by atoms with Gasteiger partial charge in [0.15, 0.2) is 6.10 Å². The molecule has 6 heteroatoms. The van der Waals surface area contributed by atoms with Gasteiger partial charge in [-0.2, -0.15) is 5.26 Å². The van der Waals surface area contributed by atoms with Crippen molar-refractivity contribution in [3.05, 3.63) is 59.7 Å². The van der Waals surface area contributed by atoms with Crippen LogP contribution in [0.15, 0.2) is 53.4 Å². The molecule has 2 rings (SSSR count). The average Bonchev–Trinajstić information content (AvgIpc) is 2.62. The Bertz CT molecular complexity index is 782. The summed E-state index contributed by atoms with van der Waals surface area (Å²) in [5.41, 5.74) is 1.47. The molecule has 0 bridgehead atoms. The highest BCUT2D eigenvalue weighted by molar-refractivity contribution is 7.98. The largest absolute Gasteiger partial charge is 0.449 e. The van der Waals surface area contributed by atoms with Crippen LogP contribution in [0.5, 0.6) is 0 Å². The molecule has 122 valence electrons. The molecular weight excluding hydrogens is 324 g/mol. The van der Waals surface area contributed by atoms with E-state index < -0.39 is 18.0 Å². The van der Waals surface area contributed by atoms with E-state index in [-0.39, 0.29) is 0 Å². The van der Waals surface area contributed by atoms with Gasteiger partial charge in [-0.25, -0.2) is 4.79 Å². The highest BCUT2D eigenvalue weighted by Gasteiger charge is 2.20. The van der Waals surface area contributed by atoms with Gasteiger partial charge in [0.25, 0.3) is 5.91 Å². The van der Waals surface area contributed by atoms with E-state index in [4.69, 9.17) is 10.00 Å². The Morgan fingerprint density at radius 3 is 2.46 bits per heavy atom. The van der Waals surface area contributed by atoms with Crippen LogP contribution in [0.1, 0.15) is 22.8 Å². The molecule has 0 aliphatic heterocycles. The van der Waals surface area contributed by atoms with E-state index in [0.29, 0.717) is 16.8 Å². The Labute approximate surface area is 144 Å². The second kappa shape index (κ2) is 8.18. The number of nitrogens with zero attached hydrogens (tertiary/aromatic N) is 1. The zero-order valence-corrected chi connectivity index (χ0v) is 14.1. The van der Waals surface area contributed by atoms with Crippen molar-refractivity contribution in [2.24, 2.45) is 0 Å². The summed E-state index contributed by atoms with van der Waals surface area (Å²) in [4.78, 5) is 25.1. The van der Waals surface area contributed by atoms with Crippen LogP contribution in [0.3, 0.4) is 0 Å². The highest BCUT2D eigenvalue weighted by atomic mass is 32.2. The van der Waals surface area contributed by atoms with E-state index in [1.54, 1.807) is 36.4 Å². The van der Waals surface area contributed by atoms with Crippen LogP contribution in [-0.2, 0) is 9.53 Å². The van der Waals surface area contributed by atoms with Crippen molar-refractivity contribution in [1.29, 1.82) is 5.26 Å². The van der Waals surface area contributed by atoms with Gasteiger partial charge >= 0.3 is 5.97 Å². The SMILES string of the molecule is CSc1ccccc1C(=O)O[C@@H](C)C(=O)Nc1ccc(C#N)cc1. The number of nitriles is 1. The number of benzene rings is 2. The van der Waals surface area contributed by atoms with Crippen molar-refractivity contribution in [3.8, 4) is 6.07 Å². The third kappa shape index (κ3) is 4.37. The number of ether oxygens (including phenoxy) is 1. The van der Waals surface area contributed by atoms with Crippen molar-refractivity contribution in [1.82, 2.24) is 0 Å². The molecular formula is C18H16N2O3S. The minimum Gasteiger partial charge on any atom is -0.449 e. The van der Waals surface area contributed by atoms with Crippen LogP contribution in [-0.4, -0.2) is 24.2 Å². The molecule has 1 N–H and O–H groups in total. The molecule has 0 fully saturated rings. The highest BCUT2D eigenvalue weighted by Crippen LogP contribution is 2.21. The first kappa shape index (κ1) is 17.6. The predicted octanol–water partition coefficient (Wildman–Crippen LogP) is 3.46. The number of carbonyl (C=O) groups excluding carboxylic acids is 2. The molecule has 0 aliphatic rings. The first-order valence-electron chi connectivity index (χ1n) is 7.20. The van der Waals surface area contributed by atoms with Crippen molar-refractivity contribution < 1.29 is 14.3 Å². The first-order chi connectivity index (χ1) is 11.5. The van der Waals surface area contributed by atoms with E-state index in [1.165, 1.54) is 18.7 Å². The number of carbonyl (C=O) groups is 2. The fourth-order valence-electron chi connectivity index (χ4n) is 1.96. The van der Waals surface area contributed by atoms with Gasteiger partial charge in [-0.05, 0) is 49.6 Å². The lowest BCUT2D eigenvalue weighted by atomic mass is 10.2. The molecule has 2 aromatic carbocycles. The fourth-order valence-corrected chi connectivity index (χ4v) is 2.55. The van der Waals surface area contributed by atoms with Crippen LogP contribution in [0.25, 0.3) is 0 Å². The summed E-state index contributed by atoms with van der Waals surface area (Å²) in [5, 5.41) is 11.4. The van der Waals surface area contributed by atoms with Crippen molar-refractivity contribution in [2.45, 2.75) is 17.9 Å². The average molecular weight is 340 g/mol. The lowest BCUT2D eigenvalue weighted by molar-refractivity contribution is -0.123. The quantitative estimate of drug-likeness (QED) is 0.666. The Kier molecular flexibility index (Phi) is 5.99. The molecule has 2 aromatic rings. The number of rotatable bonds is 5. The Hall–Kier alpha value is -2.78. The third-order valence-electron chi connectivity index (χ3n) is 3.26. The first-order valence-corrected chi connectivity index (χ1v) is 8.42. The van der Waals surface area contributed by atoms with E-state index in [2.05, 4.69) is 5.32 Å². The molecule has 0 saturated carbocycles. The number of nitrogens with one attached hydrogen (secondary N) is 1. The lowest BCUT2D eigenvalue weighted by Gasteiger charge is -2.14. The van der Waals surface area contributed by atoms with Crippen LogP contribution >= 0.6 is 11.8 Å². The number of hydrogen-bond acceptors (Lipinski definition) is 5. The minimum atomic E-state index is -0.942. The Morgan fingerprint density at radius 1 is 1.17 bits per heavy atom. The maximum absolute atomic E-state index is 12.2. The van der Waals surface area contributed by atoms with Crippen LogP contribution in [0, 0.1) is 11.3 Å². The zero-order chi connectivity index (χ0) is 17.5. The summed E-state index contributed by atoms with van der Waals surface area (Å²) in [5.74, 6) is -0.975. The number of hydrogen-bond donors (Lipinski definition) is 1. The maximum Gasteiger partial charge on any atom is 0.340 e. The normalized spacial score (nSPS) is 11.2. The van der Waals surface area contributed by atoms with Gasteiger partial charge in [0.2, 0.25) is 0 Å². The van der Waals surface area contributed by atoms with E-state index >= 15 is 0 Å². The van der Waals surface area contributed by atoms with Gasteiger partial charge in [0.1, 0.15) is 0 Å². The number of thioether (sulfide) groups is 1. The third-order valence-corrected chi connectivity index (χ3v) is 4.06. The molecule has 24 heavy (non-hydrogen) atoms. The number of esters is 1. The standard InChI is InChI=1S/C18H16N2O3S/c1-12(17(21)20-14-9-7-13(11-19)8-10-14)23-18(22)15-5-3-4-6-16(15)24-2/h3-10,12H,1-2H3,(H,20,21)/t12-/m0/s1. The molecule has 1 atom stereocenters. The van der Waals surface area contributed by atoms with E-state index in [9.17, 15) is 9.59 Å². The van der Waals surface area contributed by atoms with Crippen LogP contribution < -0.4 is 5.32 Å². The van der Waals surface area contributed by atoms with Gasteiger partial charge < -0.3 is 10.1 Å². The lowest BCUT2D eigenvalue weighted by Crippen LogP contribution is -2.30. The number of amides is 1. The summed E-state index contributed by atoms with van der Waals surface area (Å²) in [7, 11) is 0. The molecule has 0 heterocycles. The van der Waals surface area contributed by atoms with Crippen molar-refractivity contribution in [2.75, 3.05) is 11.6 Å². The number of anilines is 1. The molecule has 0 unspecified atom stereocenters. The van der Waals surface area contributed by atoms with Crippen LogP contribution in [0.4, 0.5) is 5.69 Å². The molecule has 5 nitrogen and oxygen atoms in total. The molecule has 0 saturated heterocycles. The van der Waals surface area contributed by atoms with Crippen LogP contribution in [0.2, 0.25) is 0 Å². The maximum atomic E-state index is 12.2. The molecule has 0 aliphatic carbocycles. The topological polar surface area (TPSA) is 79.2 Å². The van der Waals surface area contributed by atoms with Crippen molar-refractivity contribution in [3.63, 3.8) is 0 Å². The smallest absolute Gasteiger partial charge is 0.340 e. The second-order valence-electron chi connectivity index (χ2n) is 4.93. The van der Waals surface area contributed by atoms with Gasteiger partial charge in [-0.15, -0.1) is 11.8 Å². The van der Waals surface area contributed by atoms with E-state index in [1.807, 2.05) is 24.5 Å². The monoisotopic (exact) mass is 340 g/mol. The van der Waals surface area contributed by atoms with E-state index in [0.717, 1.165) is 4.90 Å². The van der Waals surface area contributed by atoms with Gasteiger partial charge in [0.05, 0.1) is 17.2 Å². The summed E-state index contributed by atoms with van der Waals surface area (Å²) < 4.78 is 5.24. The van der Waals surface area contributed by atoms with Crippen molar-refractivity contribution >= 4 is 29.3 Å². The Morgan fingerprint density at radius 2 is 1.83 bits per heavy atom. The molecule has 0 spiro atoms. The van der Waals surface area contributed by atoms with Gasteiger partial charge in [0, 0.05) is 10.6 Å². The van der Waals surface area contributed by atoms with Gasteiger partial charge in [-0.3, -0.25) is 4.79 Å². The Balaban J connectivity index is 2.00. The fraction of sp³-hybridized carbons (Fsp3) is 0.167. The summed E-state index contributed by atoms with van der Waals surface area (Å²) in [6, 6.07) is 15.5. The molecule has 1 amide bonds. The molecule has 0 radical (unpaired) electrons. The molecule has 0 aromatic heterocycles. The summed E-state index contributed by atoms with van der Waals surface area (Å²) in [6.07, 6.45) is 0.927.